The van der Waals surface area contributed by atoms with Gasteiger partial charge in [0.1, 0.15) is 0 Å². The van der Waals surface area contributed by atoms with Crippen molar-refractivity contribution < 1.29 is 14.4 Å². The summed E-state index contributed by atoms with van der Waals surface area (Å²) in [6, 6.07) is 21.7. The Morgan fingerprint density at radius 1 is 0.500 bits per heavy atom. The first-order chi connectivity index (χ1) is 16.6. The van der Waals surface area contributed by atoms with Crippen LogP contribution in [0.3, 0.4) is 0 Å². The molecule has 0 unspecified atom stereocenters. The molecule has 0 fully saturated rings. The van der Waals surface area contributed by atoms with Crippen LogP contribution in [-0.4, -0.2) is 9.79 Å². The molecule has 0 atom stereocenters. The number of hydrogen-bond acceptors (Lipinski definition) is 1. The standard InChI is InChI=1S/2C15H24.H3O3P/c2*1-2-3-4-5-6-7-9-12-15-13-10-8-11-14-15;1-4(2)3/h2*8,10-11,13-14H,2-7,9,12H2,1H3;4H,(H2,1,2,3). The van der Waals surface area contributed by atoms with Crippen molar-refractivity contribution in [2.45, 2.75) is 117 Å². The van der Waals surface area contributed by atoms with Crippen molar-refractivity contribution in [3.8, 4) is 0 Å². The van der Waals surface area contributed by atoms with E-state index < -0.39 is 8.25 Å². The lowest BCUT2D eigenvalue weighted by atomic mass is 10.0. The molecule has 0 heterocycles. The van der Waals surface area contributed by atoms with Crippen LogP contribution in [0.25, 0.3) is 0 Å². The molecule has 0 radical (unpaired) electrons. The molecule has 2 aromatic rings. The van der Waals surface area contributed by atoms with E-state index in [1.165, 1.54) is 114 Å². The van der Waals surface area contributed by atoms with Crippen LogP contribution < -0.4 is 0 Å². The summed E-state index contributed by atoms with van der Waals surface area (Å²) in [5.74, 6) is 0. The molecule has 2 aromatic carbocycles. The minimum Gasteiger partial charge on any atom is -0.326 e. The summed E-state index contributed by atoms with van der Waals surface area (Å²) in [4.78, 5) is 14.3. The van der Waals surface area contributed by atoms with Crippen molar-refractivity contribution >= 4 is 8.25 Å². The Kier molecular flexibility index (Phi) is 25.1. The average molecular weight is 491 g/mol. The van der Waals surface area contributed by atoms with Gasteiger partial charge in [0.05, 0.1) is 0 Å². The summed E-state index contributed by atoms with van der Waals surface area (Å²) in [6.07, 6.45) is 22.1. The van der Waals surface area contributed by atoms with Crippen LogP contribution in [0.15, 0.2) is 60.7 Å². The first-order valence-electron chi connectivity index (χ1n) is 13.6. The Morgan fingerprint density at radius 3 is 1.06 bits per heavy atom. The van der Waals surface area contributed by atoms with Gasteiger partial charge in [-0.15, -0.1) is 0 Å². The van der Waals surface area contributed by atoms with Gasteiger partial charge in [-0.25, -0.2) is 0 Å². The number of hydrogen-bond donors (Lipinski definition) is 2. The normalized spacial score (nSPS) is 10.3. The van der Waals surface area contributed by atoms with E-state index in [4.69, 9.17) is 14.4 Å². The monoisotopic (exact) mass is 490 g/mol. The van der Waals surface area contributed by atoms with Gasteiger partial charge in [0, 0.05) is 0 Å². The number of unbranched alkanes of at least 4 members (excludes halogenated alkanes) is 12. The van der Waals surface area contributed by atoms with Gasteiger partial charge in [0.15, 0.2) is 0 Å². The van der Waals surface area contributed by atoms with E-state index in [9.17, 15) is 0 Å². The maximum atomic E-state index is 8.74. The highest BCUT2D eigenvalue weighted by molar-refractivity contribution is 7.30. The SMILES string of the molecule is CCCCCCCCCc1ccccc1.CCCCCCCCCc1ccccc1.O=[PH](O)O. The second kappa shape index (κ2) is 26.2. The first kappa shape index (κ1) is 32.6. The molecule has 0 bridgehead atoms. The molecular formula is C30H51O3P. The van der Waals surface area contributed by atoms with Gasteiger partial charge in [-0.3, -0.25) is 4.57 Å². The van der Waals surface area contributed by atoms with Gasteiger partial charge >= 0.3 is 8.25 Å². The molecule has 0 saturated heterocycles. The zero-order valence-electron chi connectivity index (χ0n) is 21.9. The van der Waals surface area contributed by atoms with Crippen LogP contribution >= 0.6 is 8.25 Å². The Bertz CT molecular complexity index is 604. The van der Waals surface area contributed by atoms with E-state index in [1.54, 1.807) is 0 Å². The first-order valence-corrected chi connectivity index (χ1v) is 14.9. The smallest absolute Gasteiger partial charge is 0.314 e. The largest absolute Gasteiger partial charge is 0.326 e. The molecule has 0 aliphatic rings. The van der Waals surface area contributed by atoms with Gasteiger partial charge < -0.3 is 9.79 Å². The summed E-state index contributed by atoms with van der Waals surface area (Å²) in [7, 11) is -3.13. The number of benzene rings is 2. The highest BCUT2D eigenvalue weighted by Crippen LogP contribution is 2.11. The van der Waals surface area contributed by atoms with Crippen LogP contribution in [-0.2, 0) is 17.4 Å². The van der Waals surface area contributed by atoms with Crippen LogP contribution in [0.1, 0.15) is 115 Å². The van der Waals surface area contributed by atoms with Crippen molar-refractivity contribution in [1.29, 1.82) is 0 Å². The van der Waals surface area contributed by atoms with Gasteiger partial charge in [-0.1, -0.05) is 152 Å². The zero-order chi connectivity index (χ0) is 25.1. The van der Waals surface area contributed by atoms with Crippen LogP contribution in [0.5, 0.6) is 0 Å². The minimum absolute atomic E-state index is 1.26. The Morgan fingerprint density at radius 2 is 0.765 bits per heavy atom. The van der Waals surface area contributed by atoms with E-state index >= 15 is 0 Å². The van der Waals surface area contributed by atoms with Crippen molar-refractivity contribution in [3.63, 3.8) is 0 Å². The molecule has 0 aliphatic carbocycles. The molecule has 0 amide bonds. The van der Waals surface area contributed by atoms with Crippen molar-refractivity contribution in [2.75, 3.05) is 0 Å². The molecule has 2 N–H and O–H groups in total. The number of rotatable bonds is 16. The summed E-state index contributed by atoms with van der Waals surface area (Å²) in [5, 5.41) is 0. The fourth-order valence-electron chi connectivity index (χ4n) is 3.86. The van der Waals surface area contributed by atoms with E-state index in [-0.39, 0.29) is 0 Å². The molecular weight excluding hydrogens is 439 g/mol. The second-order valence-corrected chi connectivity index (χ2v) is 9.56. The van der Waals surface area contributed by atoms with Crippen molar-refractivity contribution in [2.24, 2.45) is 0 Å². The highest BCUT2D eigenvalue weighted by Gasteiger charge is 1.94. The summed E-state index contributed by atoms with van der Waals surface area (Å²) in [5.41, 5.74) is 2.98. The van der Waals surface area contributed by atoms with Crippen LogP contribution in [0.2, 0.25) is 0 Å². The van der Waals surface area contributed by atoms with E-state index in [0.29, 0.717) is 0 Å². The van der Waals surface area contributed by atoms with E-state index in [0.717, 1.165) is 0 Å². The second-order valence-electron chi connectivity index (χ2n) is 9.00. The lowest BCUT2D eigenvalue weighted by Gasteiger charge is -2.01. The Balaban J connectivity index is 0.000000554. The predicted molar refractivity (Wildman–Crippen MR) is 150 cm³/mol. The maximum Gasteiger partial charge on any atom is 0.314 e. The van der Waals surface area contributed by atoms with Crippen molar-refractivity contribution in [1.82, 2.24) is 0 Å². The molecule has 0 saturated carbocycles. The quantitative estimate of drug-likeness (QED) is 0.182. The molecule has 0 aliphatic heterocycles. The van der Waals surface area contributed by atoms with Gasteiger partial charge in [0.2, 0.25) is 0 Å². The third kappa shape index (κ3) is 25.2. The topological polar surface area (TPSA) is 57.5 Å². The maximum absolute atomic E-state index is 8.74. The van der Waals surface area contributed by atoms with Gasteiger partial charge in [0.25, 0.3) is 0 Å². The minimum atomic E-state index is -3.13. The molecule has 0 aromatic heterocycles. The van der Waals surface area contributed by atoms with E-state index in [1.807, 2.05) is 0 Å². The fourth-order valence-corrected chi connectivity index (χ4v) is 3.86. The number of aryl methyl sites for hydroxylation is 2. The molecule has 3 nitrogen and oxygen atoms in total. The van der Waals surface area contributed by atoms with Gasteiger partial charge in [-0.2, -0.15) is 0 Å². The van der Waals surface area contributed by atoms with Crippen molar-refractivity contribution in [3.05, 3.63) is 71.8 Å². The average Bonchev–Trinajstić information content (AvgIpc) is 2.84. The lowest BCUT2D eigenvalue weighted by Crippen LogP contribution is -1.85. The summed E-state index contributed by atoms with van der Waals surface area (Å²) in [6.45, 7) is 4.55. The third-order valence-corrected chi connectivity index (χ3v) is 5.82. The van der Waals surface area contributed by atoms with Crippen LogP contribution in [0.4, 0.5) is 0 Å². The van der Waals surface area contributed by atoms with Gasteiger partial charge in [-0.05, 0) is 36.8 Å². The third-order valence-electron chi connectivity index (χ3n) is 5.82. The molecule has 194 valence electrons. The predicted octanol–water partition coefficient (Wildman–Crippen LogP) is 9.32. The van der Waals surface area contributed by atoms with E-state index in [2.05, 4.69) is 74.5 Å². The van der Waals surface area contributed by atoms with Crippen LogP contribution in [0, 0.1) is 0 Å². The molecule has 34 heavy (non-hydrogen) atoms. The fraction of sp³-hybridized carbons (Fsp3) is 0.600. The zero-order valence-corrected chi connectivity index (χ0v) is 22.9. The summed E-state index contributed by atoms with van der Waals surface area (Å²) >= 11 is 0. The summed E-state index contributed by atoms with van der Waals surface area (Å²) < 4.78 is 8.74. The Hall–Kier alpha value is -1.41. The Labute approximate surface area is 211 Å². The molecule has 4 heteroatoms. The highest BCUT2D eigenvalue weighted by atomic mass is 31.1. The molecule has 2 rings (SSSR count). The molecule has 0 spiro atoms. The lowest BCUT2D eigenvalue weighted by molar-refractivity contribution is 0.405.